The normalized spacial score (nSPS) is 20.8. The van der Waals surface area contributed by atoms with Crippen LogP contribution in [0.5, 0.6) is 0 Å². The van der Waals surface area contributed by atoms with Crippen LogP contribution in [-0.2, 0) is 19.1 Å². The van der Waals surface area contributed by atoms with Crippen molar-refractivity contribution in [2.45, 2.75) is 32.0 Å². The molecule has 3 nitrogen and oxygen atoms in total. The van der Waals surface area contributed by atoms with E-state index < -0.39 is 12.0 Å². The summed E-state index contributed by atoms with van der Waals surface area (Å²) in [5, 5.41) is 0. The summed E-state index contributed by atoms with van der Waals surface area (Å²) in [6.45, 7) is 2.42. The second-order valence-corrected chi connectivity index (χ2v) is 5.09. The third-order valence-corrected chi connectivity index (χ3v) is 3.49. The number of hydrogen-bond acceptors (Lipinski definition) is 3. The molecule has 0 atom stereocenters. The van der Waals surface area contributed by atoms with Crippen LogP contribution < -0.4 is 0 Å². The highest BCUT2D eigenvalue weighted by Crippen LogP contribution is 2.32. The van der Waals surface area contributed by atoms with Crippen LogP contribution in [0.1, 0.15) is 29.9 Å². The Balaban J connectivity index is 1.79. The average Bonchev–Trinajstić information content (AvgIpc) is 3.11. The van der Waals surface area contributed by atoms with Gasteiger partial charge in [-0.25, -0.2) is 9.97 Å². The first-order valence-electron chi connectivity index (χ1n) is 6.17. The third-order valence-electron chi connectivity index (χ3n) is 3.49. The molecule has 1 aliphatic carbocycles. The van der Waals surface area contributed by atoms with E-state index in [9.17, 15) is 13.2 Å². The molecule has 0 unspecified atom stereocenters. The highest BCUT2D eigenvalue weighted by Gasteiger charge is 2.36. The highest BCUT2D eigenvalue weighted by molar-refractivity contribution is 5.21. The Kier molecular flexibility index (Phi) is 2.77. The van der Waals surface area contributed by atoms with Gasteiger partial charge in [0.1, 0.15) is 0 Å². The molecule has 1 fully saturated rings. The maximum absolute atomic E-state index is 12.5. The van der Waals surface area contributed by atoms with Gasteiger partial charge in [0.05, 0.1) is 5.69 Å². The standard InChI is InChI=1S/C12H14F3N3/c13-12(14,15)11-16-5-9-3-4-18(6-8-1-2-8)7-10(9)17-11/h5,8H,1-4,6-7H2. The van der Waals surface area contributed by atoms with Crippen LogP contribution in [-0.4, -0.2) is 28.0 Å². The third kappa shape index (κ3) is 2.48. The number of alkyl halides is 3. The maximum Gasteiger partial charge on any atom is 0.451 e. The van der Waals surface area contributed by atoms with Crippen molar-refractivity contribution < 1.29 is 13.2 Å². The predicted molar refractivity (Wildman–Crippen MR) is 58.7 cm³/mol. The lowest BCUT2D eigenvalue weighted by Gasteiger charge is -2.27. The fraction of sp³-hybridized carbons (Fsp3) is 0.667. The summed E-state index contributed by atoms with van der Waals surface area (Å²) in [5.74, 6) is -0.273. The largest absolute Gasteiger partial charge is 0.451 e. The molecular weight excluding hydrogens is 243 g/mol. The van der Waals surface area contributed by atoms with E-state index in [1.807, 2.05) is 0 Å². The van der Waals surface area contributed by atoms with E-state index >= 15 is 0 Å². The minimum Gasteiger partial charge on any atom is -0.297 e. The molecule has 6 heteroatoms. The Morgan fingerprint density at radius 3 is 2.78 bits per heavy atom. The van der Waals surface area contributed by atoms with Crippen molar-refractivity contribution in [2.24, 2.45) is 5.92 Å². The van der Waals surface area contributed by atoms with Crippen molar-refractivity contribution in [3.05, 3.63) is 23.3 Å². The molecule has 98 valence electrons. The minimum atomic E-state index is -4.45. The molecule has 0 spiro atoms. The van der Waals surface area contributed by atoms with Gasteiger partial charge in [-0.2, -0.15) is 13.2 Å². The molecule has 0 amide bonds. The number of rotatable bonds is 2. The van der Waals surface area contributed by atoms with E-state index in [4.69, 9.17) is 0 Å². The minimum absolute atomic E-state index is 0.525. The highest BCUT2D eigenvalue weighted by atomic mass is 19.4. The van der Waals surface area contributed by atoms with Gasteiger partial charge in [-0.05, 0) is 30.7 Å². The summed E-state index contributed by atoms with van der Waals surface area (Å²) in [5.41, 5.74) is 1.40. The Bertz CT molecular complexity index is 454. The summed E-state index contributed by atoms with van der Waals surface area (Å²) < 4.78 is 37.6. The Morgan fingerprint density at radius 2 is 2.11 bits per heavy atom. The number of nitrogens with zero attached hydrogens (tertiary/aromatic N) is 3. The van der Waals surface area contributed by atoms with Gasteiger partial charge in [0.2, 0.25) is 5.82 Å². The van der Waals surface area contributed by atoms with Gasteiger partial charge in [-0.15, -0.1) is 0 Å². The van der Waals surface area contributed by atoms with Gasteiger partial charge in [-0.1, -0.05) is 0 Å². The van der Waals surface area contributed by atoms with E-state index in [0.717, 1.165) is 31.0 Å². The number of fused-ring (bicyclic) bond motifs is 1. The molecule has 2 aliphatic rings. The van der Waals surface area contributed by atoms with E-state index in [0.29, 0.717) is 12.2 Å². The molecule has 1 aromatic heterocycles. The summed E-state index contributed by atoms with van der Waals surface area (Å²) in [4.78, 5) is 9.29. The van der Waals surface area contributed by atoms with Crippen LogP contribution in [0.4, 0.5) is 13.2 Å². The predicted octanol–water partition coefficient (Wildman–Crippen LogP) is 2.26. The molecule has 1 aromatic rings. The van der Waals surface area contributed by atoms with Gasteiger partial charge in [0, 0.05) is 25.8 Å². The first-order chi connectivity index (χ1) is 8.52. The molecular formula is C12H14F3N3. The molecule has 2 heterocycles. The lowest BCUT2D eigenvalue weighted by molar-refractivity contribution is -0.145. The summed E-state index contributed by atoms with van der Waals surface area (Å²) in [6.07, 6.45) is 0.134. The Labute approximate surface area is 103 Å². The topological polar surface area (TPSA) is 29.0 Å². The second-order valence-electron chi connectivity index (χ2n) is 5.09. The quantitative estimate of drug-likeness (QED) is 0.813. The molecule has 0 aromatic carbocycles. The van der Waals surface area contributed by atoms with Crippen molar-refractivity contribution in [2.75, 3.05) is 13.1 Å². The molecule has 18 heavy (non-hydrogen) atoms. The number of halogens is 3. The molecule has 1 saturated carbocycles. The summed E-state index contributed by atoms with van der Waals surface area (Å²) in [6, 6.07) is 0. The Hall–Kier alpha value is -1.17. The first-order valence-corrected chi connectivity index (χ1v) is 6.17. The van der Waals surface area contributed by atoms with Crippen LogP contribution in [0.2, 0.25) is 0 Å². The van der Waals surface area contributed by atoms with E-state index in [2.05, 4.69) is 14.9 Å². The van der Waals surface area contributed by atoms with Crippen LogP contribution in [0.15, 0.2) is 6.20 Å². The van der Waals surface area contributed by atoms with Gasteiger partial charge >= 0.3 is 6.18 Å². The van der Waals surface area contributed by atoms with Crippen molar-refractivity contribution in [1.82, 2.24) is 14.9 Å². The second kappa shape index (κ2) is 4.19. The molecule has 3 rings (SSSR count). The van der Waals surface area contributed by atoms with E-state index in [-0.39, 0.29) is 0 Å². The zero-order valence-electron chi connectivity index (χ0n) is 9.87. The number of aromatic nitrogens is 2. The smallest absolute Gasteiger partial charge is 0.297 e. The van der Waals surface area contributed by atoms with Crippen LogP contribution >= 0.6 is 0 Å². The van der Waals surface area contributed by atoms with Gasteiger partial charge in [0.15, 0.2) is 0 Å². The lowest BCUT2D eigenvalue weighted by Crippen LogP contribution is -2.33. The average molecular weight is 257 g/mol. The summed E-state index contributed by atoms with van der Waals surface area (Å²) >= 11 is 0. The van der Waals surface area contributed by atoms with Crippen molar-refractivity contribution in [3.63, 3.8) is 0 Å². The van der Waals surface area contributed by atoms with E-state index in [1.54, 1.807) is 0 Å². The zero-order valence-corrected chi connectivity index (χ0v) is 9.87. The fourth-order valence-electron chi connectivity index (χ4n) is 2.32. The van der Waals surface area contributed by atoms with Crippen molar-refractivity contribution in [1.29, 1.82) is 0 Å². The van der Waals surface area contributed by atoms with Gasteiger partial charge < -0.3 is 0 Å². The number of hydrogen-bond donors (Lipinski definition) is 0. The SMILES string of the molecule is FC(F)(F)c1ncc2c(n1)CN(CC1CC1)CC2. The van der Waals surface area contributed by atoms with Gasteiger partial charge in [-0.3, -0.25) is 4.90 Å². The molecule has 0 saturated heterocycles. The van der Waals surface area contributed by atoms with Crippen LogP contribution in [0, 0.1) is 5.92 Å². The molecule has 0 radical (unpaired) electrons. The fourth-order valence-corrected chi connectivity index (χ4v) is 2.32. The summed E-state index contributed by atoms with van der Waals surface area (Å²) in [7, 11) is 0. The zero-order chi connectivity index (χ0) is 12.8. The maximum atomic E-state index is 12.5. The molecule has 1 aliphatic heterocycles. The monoisotopic (exact) mass is 257 g/mol. The van der Waals surface area contributed by atoms with E-state index in [1.165, 1.54) is 19.0 Å². The lowest BCUT2D eigenvalue weighted by atomic mass is 10.1. The molecule has 0 N–H and O–H groups in total. The molecule has 0 bridgehead atoms. The Morgan fingerprint density at radius 1 is 1.33 bits per heavy atom. The first kappa shape index (κ1) is 11.9. The van der Waals surface area contributed by atoms with Gasteiger partial charge in [0.25, 0.3) is 0 Å². The van der Waals surface area contributed by atoms with Crippen molar-refractivity contribution >= 4 is 0 Å². The van der Waals surface area contributed by atoms with Crippen molar-refractivity contribution in [3.8, 4) is 0 Å². The van der Waals surface area contributed by atoms with Crippen LogP contribution in [0.25, 0.3) is 0 Å². The van der Waals surface area contributed by atoms with Crippen LogP contribution in [0.3, 0.4) is 0 Å².